The standard InChI is InChI=1S/C21H22FN3O4S2/c1-2-31(28,29)19-6-4-3-5-16(19)20(27)25-10-9-24(12-15(25)13-26)21-23-17-8-7-14(22)11-18(17)30-21/h3-8,11,15,26H,2,9-10,12-13H2,1H3. The number of amides is 1. The van der Waals surface area contributed by atoms with E-state index >= 15 is 0 Å². The lowest BCUT2D eigenvalue weighted by molar-refractivity contribution is 0.0561. The summed E-state index contributed by atoms with van der Waals surface area (Å²) in [5, 5.41) is 10.7. The molecule has 1 aromatic heterocycles. The molecule has 4 rings (SSSR count). The molecule has 0 bridgehead atoms. The molecule has 1 atom stereocenters. The number of hydrogen-bond acceptors (Lipinski definition) is 7. The molecule has 1 amide bonds. The fourth-order valence-corrected chi connectivity index (χ4v) is 5.81. The molecule has 164 valence electrons. The highest BCUT2D eigenvalue weighted by molar-refractivity contribution is 7.91. The first-order valence-electron chi connectivity index (χ1n) is 9.88. The SMILES string of the molecule is CCS(=O)(=O)c1ccccc1C(=O)N1CCN(c2nc3ccc(F)cc3s2)CC1CO. The van der Waals surface area contributed by atoms with E-state index < -0.39 is 21.8 Å². The van der Waals surface area contributed by atoms with Gasteiger partial charge in [0.05, 0.1) is 39.1 Å². The first-order chi connectivity index (χ1) is 14.8. The van der Waals surface area contributed by atoms with Crippen molar-refractivity contribution in [2.75, 3.05) is 36.9 Å². The molecular weight excluding hydrogens is 441 g/mol. The predicted octanol–water partition coefficient (Wildman–Crippen LogP) is 2.55. The second-order valence-corrected chi connectivity index (χ2v) is 10.5. The molecule has 1 aliphatic rings. The largest absolute Gasteiger partial charge is 0.394 e. The number of piperazine rings is 1. The fourth-order valence-electron chi connectivity index (χ4n) is 3.70. The summed E-state index contributed by atoms with van der Waals surface area (Å²) in [5.74, 6) is -0.850. The minimum Gasteiger partial charge on any atom is -0.394 e. The maximum absolute atomic E-state index is 13.5. The molecule has 1 N–H and O–H groups in total. The Morgan fingerprint density at radius 2 is 2.03 bits per heavy atom. The molecule has 1 aliphatic heterocycles. The molecule has 1 saturated heterocycles. The average molecular weight is 464 g/mol. The van der Waals surface area contributed by atoms with Crippen molar-refractivity contribution in [3.63, 3.8) is 0 Å². The van der Waals surface area contributed by atoms with Gasteiger partial charge in [-0.2, -0.15) is 0 Å². The Hall–Kier alpha value is -2.56. The number of nitrogens with zero attached hydrogens (tertiary/aromatic N) is 3. The Bertz CT molecular complexity index is 1230. The third kappa shape index (κ3) is 4.15. The van der Waals surface area contributed by atoms with Gasteiger partial charge >= 0.3 is 0 Å². The highest BCUT2D eigenvalue weighted by Gasteiger charge is 2.34. The van der Waals surface area contributed by atoms with Crippen LogP contribution in [0.15, 0.2) is 47.4 Å². The number of halogens is 1. The van der Waals surface area contributed by atoms with Crippen LogP contribution in [0, 0.1) is 5.82 Å². The third-order valence-corrected chi connectivity index (χ3v) is 8.26. The maximum Gasteiger partial charge on any atom is 0.255 e. The van der Waals surface area contributed by atoms with Crippen molar-refractivity contribution in [1.29, 1.82) is 0 Å². The summed E-state index contributed by atoms with van der Waals surface area (Å²) >= 11 is 1.36. The Labute approximate surface area is 183 Å². The Morgan fingerprint density at radius 3 is 2.77 bits per heavy atom. The Kier molecular flexibility index (Phi) is 5.96. The number of rotatable bonds is 5. The zero-order valence-corrected chi connectivity index (χ0v) is 18.5. The molecule has 7 nitrogen and oxygen atoms in total. The van der Waals surface area contributed by atoms with Crippen molar-refractivity contribution < 1.29 is 22.7 Å². The summed E-state index contributed by atoms with van der Waals surface area (Å²) in [6, 6.07) is 10.1. The van der Waals surface area contributed by atoms with Crippen LogP contribution in [0.4, 0.5) is 9.52 Å². The van der Waals surface area contributed by atoms with Crippen molar-refractivity contribution in [3.05, 3.63) is 53.8 Å². The minimum absolute atomic E-state index is 0.00909. The molecule has 1 unspecified atom stereocenters. The van der Waals surface area contributed by atoms with E-state index in [1.165, 1.54) is 47.4 Å². The van der Waals surface area contributed by atoms with Crippen LogP contribution < -0.4 is 4.90 Å². The Morgan fingerprint density at radius 1 is 1.26 bits per heavy atom. The molecule has 0 spiro atoms. The minimum atomic E-state index is -3.57. The summed E-state index contributed by atoms with van der Waals surface area (Å²) in [6.45, 7) is 2.37. The summed E-state index contributed by atoms with van der Waals surface area (Å²) in [6.07, 6.45) is 0. The maximum atomic E-state index is 13.5. The highest BCUT2D eigenvalue weighted by atomic mass is 32.2. The van der Waals surface area contributed by atoms with Gasteiger partial charge in [-0.3, -0.25) is 4.79 Å². The van der Waals surface area contributed by atoms with Crippen LogP contribution in [0.5, 0.6) is 0 Å². The van der Waals surface area contributed by atoms with E-state index in [1.807, 2.05) is 4.90 Å². The van der Waals surface area contributed by atoms with Gasteiger partial charge in [0, 0.05) is 19.6 Å². The van der Waals surface area contributed by atoms with Crippen molar-refractivity contribution >= 4 is 42.4 Å². The van der Waals surface area contributed by atoms with Gasteiger partial charge in [-0.1, -0.05) is 30.4 Å². The number of thiazole rings is 1. The quantitative estimate of drug-likeness (QED) is 0.625. The second-order valence-electron chi connectivity index (χ2n) is 7.29. The van der Waals surface area contributed by atoms with Gasteiger partial charge in [-0.25, -0.2) is 17.8 Å². The highest BCUT2D eigenvalue weighted by Crippen LogP contribution is 2.31. The molecule has 0 radical (unpaired) electrons. The third-order valence-electron chi connectivity index (χ3n) is 5.40. The topological polar surface area (TPSA) is 90.8 Å². The number of aliphatic hydroxyl groups is 1. The first-order valence-corrected chi connectivity index (χ1v) is 12.4. The molecule has 2 aromatic carbocycles. The number of carbonyl (C=O) groups is 1. The smallest absolute Gasteiger partial charge is 0.255 e. The van der Waals surface area contributed by atoms with Gasteiger partial charge in [0.25, 0.3) is 5.91 Å². The van der Waals surface area contributed by atoms with Gasteiger partial charge in [0.2, 0.25) is 0 Å². The van der Waals surface area contributed by atoms with E-state index in [2.05, 4.69) is 4.98 Å². The number of aliphatic hydroxyl groups excluding tert-OH is 1. The molecule has 3 aromatic rings. The lowest BCUT2D eigenvalue weighted by Crippen LogP contribution is -2.57. The first kappa shape index (κ1) is 21.7. The molecule has 31 heavy (non-hydrogen) atoms. The van der Waals surface area contributed by atoms with Crippen molar-refractivity contribution in [1.82, 2.24) is 9.88 Å². The average Bonchev–Trinajstić information content (AvgIpc) is 3.21. The van der Waals surface area contributed by atoms with Crippen LogP contribution in [-0.2, 0) is 9.84 Å². The van der Waals surface area contributed by atoms with Crippen molar-refractivity contribution in [2.24, 2.45) is 0 Å². The number of sulfone groups is 1. The lowest BCUT2D eigenvalue weighted by Gasteiger charge is -2.40. The number of carbonyl (C=O) groups excluding carboxylic acids is 1. The van der Waals surface area contributed by atoms with Gasteiger partial charge in [-0.05, 0) is 30.3 Å². The van der Waals surface area contributed by atoms with Gasteiger partial charge in [-0.15, -0.1) is 0 Å². The van der Waals surface area contributed by atoms with Crippen molar-refractivity contribution in [2.45, 2.75) is 17.9 Å². The van der Waals surface area contributed by atoms with Crippen LogP contribution in [0.1, 0.15) is 17.3 Å². The number of hydrogen-bond donors (Lipinski definition) is 1. The molecule has 0 saturated carbocycles. The summed E-state index contributed by atoms with van der Waals surface area (Å²) < 4.78 is 39.1. The monoisotopic (exact) mass is 463 g/mol. The number of anilines is 1. The number of aromatic nitrogens is 1. The van der Waals surface area contributed by atoms with E-state index in [4.69, 9.17) is 0 Å². The van der Waals surface area contributed by atoms with Crippen LogP contribution >= 0.6 is 11.3 Å². The zero-order valence-electron chi connectivity index (χ0n) is 16.9. The van der Waals surface area contributed by atoms with Gasteiger partial charge < -0.3 is 14.9 Å². The van der Waals surface area contributed by atoms with Crippen LogP contribution in [0.2, 0.25) is 0 Å². The summed E-state index contributed by atoms with van der Waals surface area (Å²) in [7, 11) is -3.57. The normalized spacial score (nSPS) is 17.3. The Balaban J connectivity index is 1.59. The van der Waals surface area contributed by atoms with E-state index in [-0.39, 0.29) is 28.6 Å². The second kappa shape index (κ2) is 8.52. The van der Waals surface area contributed by atoms with Crippen LogP contribution in [0.25, 0.3) is 10.2 Å². The molecular formula is C21H22FN3O4S2. The molecule has 1 fully saturated rings. The van der Waals surface area contributed by atoms with Gasteiger partial charge in [0.1, 0.15) is 5.82 Å². The van der Waals surface area contributed by atoms with E-state index in [0.717, 1.165) is 4.70 Å². The number of benzene rings is 2. The molecule has 0 aliphatic carbocycles. The van der Waals surface area contributed by atoms with E-state index in [1.54, 1.807) is 18.2 Å². The summed E-state index contributed by atoms with van der Waals surface area (Å²) in [5.41, 5.74) is 0.811. The molecule has 10 heteroatoms. The van der Waals surface area contributed by atoms with E-state index in [0.29, 0.717) is 30.3 Å². The predicted molar refractivity (Wildman–Crippen MR) is 118 cm³/mol. The number of fused-ring (bicyclic) bond motifs is 1. The van der Waals surface area contributed by atoms with Crippen LogP contribution in [-0.4, -0.2) is 67.4 Å². The zero-order chi connectivity index (χ0) is 22.2. The van der Waals surface area contributed by atoms with Gasteiger partial charge in [0.15, 0.2) is 15.0 Å². The molecule has 2 heterocycles. The van der Waals surface area contributed by atoms with Crippen molar-refractivity contribution in [3.8, 4) is 0 Å². The van der Waals surface area contributed by atoms with Crippen LogP contribution in [0.3, 0.4) is 0 Å². The van der Waals surface area contributed by atoms with E-state index in [9.17, 15) is 22.7 Å². The fraction of sp³-hybridized carbons (Fsp3) is 0.333. The summed E-state index contributed by atoms with van der Waals surface area (Å²) in [4.78, 5) is 21.3. The lowest BCUT2D eigenvalue weighted by atomic mass is 10.1.